The van der Waals surface area contributed by atoms with Gasteiger partial charge in [-0.15, -0.1) is 0 Å². The number of aromatic carboxylic acids is 1. The molecule has 0 amide bonds. The van der Waals surface area contributed by atoms with Gasteiger partial charge in [-0.1, -0.05) is 6.07 Å². The minimum atomic E-state index is -0.943. The van der Waals surface area contributed by atoms with Crippen LogP contribution >= 0.6 is 0 Å². The number of nitrogens with one attached hydrogen (secondary N) is 1. The van der Waals surface area contributed by atoms with Gasteiger partial charge < -0.3 is 15.5 Å². The number of carboxylic acid groups (broad SMARTS) is 1. The van der Waals surface area contributed by atoms with Crippen LogP contribution in [0.4, 0.5) is 5.69 Å². The molecule has 0 aliphatic heterocycles. The second-order valence-electron chi connectivity index (χ2n) is 3.36. The number of carbonyl (C=O) groups is 1. The van der Waals surface area contributed by atoms with Gasteiger partial charge in [-0.2, -0.15) is 0 Å². The average Bonchev–Trinajstić information content (AvgIpc) is 2.18. The molecule has 0 aromatic heterocycles. The van der Waals surface area contributed by atoms with Gasteiger partial charge in [0, 0.05) is 18.8 Å². The highest BCUT2D eigenvalue weighted by Gasteiger charge is 2.08. The van der Waals surface area contributed by atoms with E-state index in [-0.39, 0.29) is 12.2 Å². The number of hydrogen-bond donors (Lipinski definition) is 3. The fourth-order valence-electron chi connectivity index (χ4n) is 1.29. The van der Waals surface area contributed by atoms with Crippen molar-refractivity contribution in [3.8, 4) is 0 Å². The zero-order valence-electron chi connectivity index (χ0n) is 8.66. The van der Waals surface area contributed by atoms with Gasteiger partial charge in [-0.05, 0) is 31.0 Å². The van der Waals surface area contributed by atoms with Crippen molar-refractivity contribution in [2.75, 3.05) is 18.5 Å². The van der Waals surface area contributed by atoms with Crippen molar-refractivity contribution < 1.29 is 15.0 Å². The molecular weight excluding hydrogens is 194 g/mol. The smallest absolute Gasteiger partial charge is 0.337 e. The molecule has 3 N–H and O–H groups in total. The number of aliphatic hydroxyl groups excluding tert-OH is 1. The van der Waals surface area contributed by atoms with Crippen LogP contribution in [0.3, 0.4) is 0 Å². The van der Waals surface area contributed by atoms with Crippen molar-refractivity contribution in [2.24, 2.45) is 0 Å². The molecule has 0 unspecified atom stereocenters. The largest absolute Gasteiger partial charge is 0.478 e. The van der Waals surface area contributed by atoms with Crippen molar-refractivity contribution in [3.05, 3.63) is 29.3 Å². The Kier molecular flexibility index (Phi) is 4.12. The molecular formula is C11H15NO3. The third-order valence-electron chi connectivity index (χ3n) is 2.06. The lowest BCUT2D eigenvalue weighted by molar-refractivity contribution is 0.0698. The Labute approximate surface area is 88.6 Å². The second-order valence-corrected chi connectivity index (χ2v) is 3.36. The first-order valence-corrected chi connectivity index (χ1v) is 4.84. The summed E-state index contributed by atoms with van der Waals surface area (Å²) in [4.78, 5) is 10.9. The Morgan fingerprint density at radius 3 is 2.80 bits per heavy atom. The summed E-state index contributed by atoms with van der Waals surface area (Å²) in [5.74, 6) is -0.943. The van der Waals surface area contributed by atoms with Crippen LogP contribution in [0.1, 0.15) is 22.3 Å². The van der Waals surface area contributed by atoms with Crippen molar-refractivity contribution in [1.29, 1.82) is 0 Å². The standard InChI is InChI=1S/C11H15NO3/c1-8-3-4-9(11(14)15)10(7-8)12-5-2-6-13/h3-4,7,12-13H,2,5-6H2,1H3,(H,14,15). The van der Waals surface area contributed by atoms with E-state index >= 15 is 0 Å². The average molecular weight is 209 g/mol. The van der Waals surface area contributed by atoms with Crippen molar-refractivity contribution in [2.45, 2.75) is 13.3 Å². The maximum Gasteiger partial charge on any atom is 0.337 e. The van der Waals surface area contributed by atoms with Crippen LogP contribution in [0.15, 0.2) is 18.2 Å². The van der Waals surface area contributed by atoms with E-state index in [0.717, 1.165) is 5.56 Å². The lowest BCUT2D eigenvalue weighted by Crippen LogP contribution is -2.08. The molecule has 0 bridgehead atoms. The Balaban J connectivity index is 2.82. The second kappa shape index (κ2) is 5.36. The molecule has 1 aromatic carbocycles. The molecule has 0 spiro atoms. The van der Waals surface area contributed by atoms with Gasteiger partial charge >= 0.3 is 5.97 Å². The van der Waals surface area contributed by atoms with Crippen LogP contribution < -0.4 is 5.32 Å². The third-order valence-corrected chi connectivity index (χ3v) is 2.06. The number of aryl methyl sites for hydroxylation is 1. The normalized spacial score (nSPS) is 10.0. The lowest BCUT2D eigenvalue weighted by Gasteiger charge is -2.09. The number of aliphatic hydroxyl groups is 1. The van der Waals surface area contributed by atoms with Gasteiger partial charge in [0.2, 0.25) is 0 Å². The molecule has 82 valence electrons. The Morgan fingerprint density at radius 2 is 2.20 bits per heavy atom. The minimum Gasteiger partial charge on any atom is -0.478 e. The predicted molar refractivity (Wildman–Crippen MR) is 58.3 cm³/mol. The summed E-state index contributed by atoms with van der Waals surface area (Å²) in [7, 11) is 0. The Bertz CT molecular complexity index is 350. The lowest BCUT2D eigenvalue weighted by atomic mass is 10.1. The van der Waals surface area contributed by atoms with Crippen molar-refractivity contribution in [1.82, 2.24) is 0 Å². The van der Waals surface area contributed by atoms with Gasteiger partial charge in [0.25, 0.3) is 0 Å². The van der Waals surface area contributed by atoms with E-state index in [1.54, 1.807) is 18.2 Å². The molecule has 0 saturated carbocycles. The summed E-state index contributed by atoms with van der Waals surface area (Å²) in [5, 5.41) is 20.5. The number of rotatable bonds is 5. The predicted octanol–water partition coefficient (Wildman–Crippen LogP) is 1.49. The number of hydrogen-bond acceptors (Lipinski definition) is 3. The van der Waals surface area contributed by atoms with Crippen LogP contribution in [0.2, 0.25) is 0 Å². The maximum atomic E-state index is 10.9. The first-order chi connectivity index (χ1) is 7.15. The fourth-order valence-corrected chi connectivity index (χ4v) is 1.29. The van der Waals surface area contributed by atoms with Gasteiger partial charge in [0.05, 0.1) is 5.56 Å². The highest BCUT2D eigenvalue weighted by atomic mass is 16.4. The third kappa shape index (κ3) is 3.25. The summed E-state index contributed by atoms with van der Waals surface area (Å²) in [5.41, 5.74) is 1.88. The van der Waals surface area contributed by atoms with E-state index in [2.05, 4.69) is 5.32 Å². The van der Waals surface area contributed by atoms with E-state index in [0.29, 0.717) is 18.7 Å². The molecule has 0 radical (unpaired) electrons. The molecule has 0 heterocycles. The quantitative estimate of drug-likeness (QED) is 0.642. The minimum absolute atomic E-state index is 0.0984. The number of anilines is 1. The van der Waals surface area contributed by atoms with Crippen LogP contribution in [-0.2, 0) is 0 Å². The molecule has 0 aliphatic carbocycles. The SMILES string of the molecule is Cc1ccc(C(=O)O)c(NCCCO)c1. The molecule has 4 nitrogen and oxygen atoms in total. The zero-order chi connectivity index (χ0) is 11.3. The monoisotopic (exact) mass is 209 g/mol. The van der Waals surface area contributed by atoms with Crippen molar-refractivity contribution in [3.63, 3.8) is 0 Å². The van der Waals surface area contributed by atoms with Crippen LogP contribution in [-0.4, -0.2) is 29.3 Å². The van der Waals surface area contributed by atoms with E-state index in [1.807, 2.05) is 6.92 Å². The zero-order valence-corrected chi connectivity index (χ0v) is 8.66. The summed E-state index contributed by atoms with van der Waals surface area (Å²) in [6.07, 6.45) is 0.604. The Morgan fingerprint density at radius 1 is 1.47 bits per heavy atom. The summed E-state index contributed by atoms with van der Waals surface area (Å²) in [6.45, 7) is 2.57. The summed E-state index contributed by atoms with van der Waals surface area (Å²) in [6, 6.07) is 5.14. The topological polar surface area (TPSA) is 69.6 Å². The molecule has 0 saturated heterocycles. The van der Waals surface area contributed by atoms with Gasteiger partial charge in [-0.3, -0.25) is 0 Å². The van der Waals surface area contributed by atoms with E-state index < -0.39 is 5.97 Å². The van der Waals surface area contributed by atoms with Crippen LogP contribution in [0, 0.1) is 6.92 Å². The molecule has 0 fully saturated rings. The number of carboxylic acids is 1. The van der Waals surface area contributed by atoms with Gasteiger partial charge in [-0.25, -0.2) is 4.79 Å². The Hall–Kier alpha value is -1.55. The highest BCUT2D eigenvalue weighted by Crippen LogP contribution is 2.17. The van der Waals surface area contributed by atoms with Crippen LogP contribution in [0.5, 0.6) is 0 Å². The molecule has 1 aromatic rings. The first kappa shape index (κ1) is 11.5. The first-order valence-electron chi connectivity index (χ1n) is 4.84. The van der Waals surface area contributed by atoms with Crippen LogP contribution in [0.25, 0.3) is 0 Å². The summed E-state index contributed by atoms with van der Waals surface area (Å²) >= 11 is 0. The van der Waals surface area contributed by atoms with Gasteiger partial charge in [0.15, 0.2) is 0 Å². The molecule has 1 rings (SSSR count). The molecule has 0 aliphatic rings. The highest BCUT2D eigenvalue weighted by molar-refractivity contribution is 5.94. The van der Waals surface area contributed by atoms with Crippen molar-refractivity contribution >= 4 is 11.7 Å². The van der Waals surface area contributed by atoms with Gasteiger partial charge in [0.1, 0.15) is 0 Å². The molecule has 15 heavy (non-hydrogen) atoms. The molecule has 0 atom stereocenters. The fraction of sp³-hybridized carbons (Fsp3) is 0.364. The molecule has 4 heteroatoms. The van der Waals surface area contributed by atoms with E-state index in [4.69, 9.17) is 10.2 Å². The van der Waals surface area contributed by atoms with E-state index in [9.17, 15) is 4.79 Å². The summed E-state index contributed by atoms with van der Waals surface area (Å²) < 4.78 is 0. The van der Waals surface area contributed by atoms with E-state index in [1.165, 1.54) is 0 Å². The number of benzene rings is 1. The maximum absolute atomic E-state index is 10.9.